The van der Waals surface area contributed by atoms with Gasteiger partial charge in [-0.05, 0) is 30.9 Å². The Hall–Kier alpha value is -2.08. The highest BCUT2D eigenvalue weighted by molar-refractivity contribution is 6.33. The van der Waals surface area contributed by atoms with Crippen molar-refractivity contribution in [2.24, 2.45) is 11.8 Å². The molecule has 136 valence electrons. The van der Waals surface area contributed by atoms with Gasteiger partial charge < -0.3 is 15.3 Å². The largest absolute Gasteiger partial charge is 0.481 e. The number of carbonyl (C=O) groups is 3. The number of carbonyl (C=O) groups excluding carboxylic acids is 2. The van der Waals surface area contributed by atoms with Crippen LogP contribution in [0.4, 0.5) is 0 Å². The zero-order valence-electron chi connectivity index (χ0n) is 14.4. The van der Waals surface area contributed by atoms with Crippen LogP contribution in [-0.2, 0) is 9.59 Å². The monoisotopic (exact) mass is 366 g/mol. The van der Waals surface area contributed by atoms with Crippen LogP contribution in [0.3, 0.4) is 0 Å². The number of nitrogens with zero attached hydrogens (tertiary/aromatic N) is 1. The summed E-state index contributed by atoms with van der Waals surface area (Å²) in [4.78, 5) is 38.1. The third kappa shape index (κ3) is 4.72. The third-order valence-corrected chi connectivity index (χ3v) is 4.75. The number of nitrogens with one attached hydrogen (secondary N) is 1. The molecule has 1 aromatic rings. The highest BCUT2D eigenvalue weighted by atomic mass is 35.5. The number of carboxylic acids is 1. The minimum absolute atomic E-state index is 0.135. The number of halogens is 1. The van der Waals surface area contributed by atoms with E-state index in [4.69, 9.17) is 11.6 Å². The Morgan fingerprint density at radius 1 is 1.28 bits per heavy atom. The molecule has 2 atom stereocenters. The van der Waals surface area contributed by atoms with Crippen LogP contribution < -0.4 is 5.32 Å². The fourth-order valence-corrected chi connectivity index (χ4v) is 3.18. The molecule has 0 aliphatic carbocycles. The van der Waals surface area contributed by atoms with Gasteiger partial charge in [0.15, 0.2) is 0 Å². The van der Waals surface area contributed by atoms with Gasteiger partial charge in [0.25, 0.3) is 5.91 Å². The summed E-state index contributed by atoms with van der Waals surface area (Å²) in [5, 5.41) is 12.3. The molecule has 1 saturated heterocycles. The molecule has 1 unspecified atom stereocenters. The second-order valence-electron chi connectivity index (χ2n) is 6.64. The maximum absolute atomic E-state index is 12.8. The van der Waals surface area contributed by atoms with Gasteiger partial charge in [-0.3, -0.25) is 14.4 Å². The smallest absolute Gasteiger partial charge is 0.308 e. The van der Waals surface area contributed by atoms with Crippen molar-refractivity contribution in [2.75, 3.05) is 13.1 Å². The predicted molar refractivity (Wildman–Crippen MR) is 94.5 cm³/mol. The first-order chi connectivity index (χ1) is 11.8. The number of benzene rings is 1. The highest BCUT2D eigenvalue weighted by Gasteiger charge is 2.34. The first-order valence-electron chi connectivity index (χ1n) is 8.38. The number of aliphatic carboxylic acids is 1. The van der Waals surface area contributed by atoms with Crippen molar-refractivity contribution in [2.45, 2.75) is 32.7 Å². The summed E-state index contributed by atoms with van der Waals surface area (Å²) in [5.74, 6) is -2.24. The van der Waals surface area contributed by atoms with Crippen LogP contribution in [-0.4, -0.2) is 46.9 Å². The number of hydrogen-bond donors (Lipinski definition) is 2. The van der Waals surface area contributed by atoms with Crippen molar-refractivity contribution in [3.8, 4) is 0 Å². The summed E-state index contributed by atoms with van der Waals surface area (Å²) >= 11 is 6.04. The van der Waals surface area contributed by atoms with Gasteiger partial charge in [0, 0.05) is 13.1 Å². The van der Waals surface area contributed by atoms with Crippen LogP contribution in [0, 0.1) is 11.8 Å². The molecule has 1 aromatic carbocycles. The average Bonchev–Trinajstić information content (AvgIpc) is 2.59. The number of carboxylic acid groups (broad SMARTS) is 1. The van der Waals surface area contributed by atoms with E-state index in [1.165, 1.54) is 0 Å². The molecule has 1 aliphatic rings. The lowest BCUT2D eigenvalue weighted by Gasteiger charge is -2.34. The van der Waals surface area contributed by atoms with Gasteiger partial charge in [-0.1, -0.05) is 37.6 Å². The lowest BCUT2D eigenvalue weighted by Crippen LogP contribution is -2.54. The molecule has 1 aliphatic heterocycles. The van der Waals surface area contributed by atoms with E-state index >= 15 is 0 Å². The average molecular weight is 367 g/mol. The van der Waals surface area contributed by atoms with E-state index in [0.717, 1.165) is 0 Å². The minimum atomic E-state index is -0.890. The lowest BCUT2D eigenvalue weighted by molar-refractivity contribution is -0.146. The Morgan fingerprint density at radius 3 is 2.56 bits per heavy atom. The number of rotatable bonds is 5. The van der Waals surface area contributed by atoms with Crippen molar-refractivity contribution >= 4 is 29.4 Å². The molecule has 2 N–H and O–H groups in total. The van der Waals surface area contributed by atoms with Crippen LogP contribution in [0.25, 0.3) is 0 Å². The molecular formula is C18H23ClN2O4. The molecule has 0 bridgehead atoms. The summed E-state index contributed by atoms with van der Waals surface area (Å²) in [6, 6.07) is 5.92. The molecular weight excluding hydrogens is 344 g/mol. The van der Waals surface area contributed by atoms with E-state index in [-0.39, 0.29) is 18.4 Å². The normalized spacial score (nSPS) is 18.7. The van der Waals surface area contributed by atoms with Crippen LogP contribution in [0.15, 0.2) is 24.3 Å². The van der Waals surface area contributed by atoms with Gasteiger partial charge in [0.05, 0.1) is 16.5 Å². The third-order valence-electron chi connectivity index (χ3n) is 4.42. The molecule has 6 nitrogen and oxygen atoms in total. The number of likely N-dealkylation sites (tertiary alicyclic amines) is 1. The summed E-state index contributed by atoms with van der Waals surface area (Å²) in [6.07, 6.45) is 1.21. The second kappa shape index (κ2) is 8.34. The van der Waals surface area contributed by atoms with Crippen LogP contribution in [0.5, 0.6) is 0 Å². The van der Waals surface area contributed by atoms with Crippen molar-refractivity contribution in [1.82, 2.24) is 10.2 Å². The highest BCUT2D eigenvalue weighted by Crippen LogP contribution is 2.20. The molecule has 25 heavy (non-hydrogen) atoms. The van der Waals surface area contributed by atoms with Crippen LogP contribution >= 0.6 is 11.6 Å². The van der Waals surface area contributed by atoms with Crippen molar-refractivity contribution in [1.29, 1.82) is 0 Å². The Balaban J connectivity index is 2.12. The minimum Gasteiger partial charge on any atom is -0.481 e. The number of amides is 2. The van der Waals surface area contributed by atoms with Crippen LogP contribution in [0.2, 0.25) is 5.02 Å². The summed E-state index contributed by atoms with van der Waals surface area (Å²) in [6.45, 7) is 4.37. The number of hydrogen-bond acceptors (Lipinski definition) is 3. The van der Waals surface area contributed by atoms with E-state index < -0.39 is 23.8 Å². The molecule has 0 radical (unpaired) electrons. The fraction of sp³-hybridized carbons (Fsp3) is 0.500. The molecule has 0 spiro atoms. The second-order valence-corrected chi connectivity index (χ2v) is 7.04. The van der Waals surface area contributed by atoms with E-state index in [2.05, 4.69) is 5.32 Å². The van der Waals surface area contributed by atoms with Crippen molar-refractivity contribution < 1.29 is 19.5 Å². The molecule has 2 rings (SSSR count). The SMILES string of the molecule is CC(C)C(NC(=O)c1ccccc1Cl)C(=O)N1CCC[C@H](C(=O)O)C1. The quantitative estimate of drug-likeness (QED) is 0.837. The van der Waals surface area contributed by atoms with Crippen molar-refractivity contribution in [3.63, 3.8) is 0 Å². The lowest BCUT2D eigenvalue weighted by atomic mass is 9.95. The molecule has 0 aromatic heterocycles. The summed E-state index contributed by atoms with van der Waals surface area (Å²) in [7, 11) is 0. The van der Waals surface area contributed by atoms with Gasteiger partial charge >= 0.3 is 5.97 Å². The van der Waals surface area contributed by atoms with Gasteiger partial charge in [0.2, 0.25) is 5.91 Å². The van der Waals surface area contributed by atoms with Crippen molar-refractivity contribution in [3.05, 3.63) is 34.9 Å². The summed E-state index contributed by atoms with van der Waals surface area (Å²) < 4.78 is 0. The topological polar surface area (TPSA) is 86.7 Å². The first-order valence-corrected chi connectivity index (χ1v) is 8.76. The Kier molecular flexibility index (Phi) is 6.42. The Bertz CT molecular complexity index is 662. The van der Waals surface area contributed by atoms with Crippen LogP contribution in [0.1, 0.15) is 37.0 Å². The van der Waals surface area contributed by atoms with E-state index in [9.17, 15) is 19.5 Å². The zero-order chi connectivity index (χ0) is 18.6. The molecule has 7 heteroatoms. The maximum atomic E-state index is 12.8. The molecule has 2 amide bonds. The molecule has 1 fully saturated rings. The standard InChI is InChI=1S/C18H23ClN2O4/c1-11(2)15(20-16(22)13-7-3-4-8-14(13)19)17(23)21-9-5-6-12(10-21)18(24)25/h3-4,7-8,11-12,15H,5-6,9-10H2,1-2H3,(H,20,22)(H,24,25)/t12-,15?/m0/s1. The predicted octanol–water partition coefficient (Wildman–Crippen LogP) is 2.42. The van der Waals surface area contributed by atoms with Gasteiger partial charge in [-0.15, -0.1) is 0 Å². The zero-order valence-corrected chi connectivity index (χ0v) is 15.1. The maximum Gasteiger partial charge on any atom is 0.308 e. The number of piperidine rings is 1. The molecule has 0 saturated carbocycles. The van der Waals surface area contributed by atoms with E-state index in [0.29, 0.717) is 30.0 Å². The van der Waals surface area contributed by atoms with Gasteiger partial charge in [-0.2, -0.15) is 0 Å². The van der Waals surface area contributed by atoms with Gasteiger partial charge in [-0.25, -0.2) is 0 Å². The van der Waals surface area contributed by atoms with E-state index in [1.807, 2.05) is 13.8 Å². The van der Waals surface area contributed by atoms with Gasteiger partial charge in [0.1, 0.15) is 6.04 Å². The fourth-order valence-electron chi connectivity index (χ4n) is 2.95. The molecule has 1 heterocycles. The first kappa shape index (κ1) is 19.2. The summed E-state index contributed by atoms with van der Waals surface area (Å²) in [5.41, 5.74) is 0.310. The van der Waals surface area contributed by atoms with E-state index in [1.54, 1.807) is 29.2 Å². The Labute approximate surface area is 152 Å². The Morgan fingerprint density at radius 2 is 1.96 bits per heavy atom.